The van der Waals surface area contributed by atoms with E-state index in [4.69, 9.17) is 10.9 Å². The Morgan fingerprint density at radius 1 is 0.533 bits per heavy atom. The van der Waals surface area contributed by atoms with Crippen LogP contribution in [0.15, 0.2) is 72.9 Å². The Balaban J connectivity index is -0.000000604. The van der Waals surface area contributed by atoms with Gasteiger partial charge in [-0.15, -0.1) is 0 Å². The normalized spacial score (nSPS) is 10.8. The zero-order chi connectivity index (χ0) is 34.7. The number of hydrazine groups is 3. The Hall–Kier alpha value is -5.11. The molecule has 0 heterocycles. The maximum absolute atomic E-state index is 11.2. The molecular weight excluding hydrogens is 584 g/mol. The minimum absolute atomic E-state index is 0.130. The molecule has 0 aliphatic carbocycles. The third-order valence-electron chi connectivity index (χ3n) is 4.50. The highest BCUT2D eigenvalue weighted by molar-refractivity contribution is 5.97. The van der Waals surface area contributed by atoms with Crippen LogP contribution >= 0.6 is 0 Å². The summed E-state index contributed by atoms with van der Waals surface area (Å²) in [4.78, 5) is 75.5. The van der Waals surface area contributed by atoms with Crippen molar-refractivity contribution in [3.05, 3.63) is 72.9 Å². The van der Waals surface area contributed by atoms with Gasteiger partial charge in [0.15, 0.2) is 0 Å². The molecule has 250 valence electrons. The number of nitrogens with one attached hydrogen (secondary N) is 5. The third kappa shape index (κ3) is 41.1. The van der Waals surface area contributed by atoms with Gasteiger partial charge < -0.3 is 5.11 Å². The first-order chi connectivity index (χ1) is 21.4. The van der Waals surface area contributed by atoms with Crippen LogP contribution in [0.2, 0.25) is 0 Å². The molecule has 0 rings (SSSR count). The first-order valence-corrected chi connectivity index (χ1v) is 14.1. The molecule has 0 spiro atoms. The molecule has 0 atom stereocenters. The van der Waals surface area contributed by atoms with E-state index in [1.165, 1.54) is 6.92 Å². The van der Waals surface area contributed by atoms with Crippen molar-refractivity contribution in [1.82, 2.24) is 27.1 Å². The number of carbonyl (C=O) groups is 7. The van der Waals surface area contributed by atoms with Gasteiger partial charge in [-0.25, -0.2) is 5.84 Å². The van der Waals surface area contributed by atoms with E-state index in [9.17, 15) is 33.6 Å². The lowest BCUT2D eigenvalue weighted by Crippen LogP contribution is -2.42. The van der Waals surface area contributed by atoms with Crippen LogP contribution in [0.25, 0.3) is 0 Å². The molecule has 0 saturated carbocycles. The Kier molecular flexibility index (Phi) is 32.9. The van der Waals surface area contributed by atoms with Crippen LogP contribution in [-0.4, -0.2) is 46.4 Å². The molecular formula is C31H48N6O8. The van der Waals surface area contributed by atoms with Crippen LogP contribution in [0.3, 0.4) is 0 Å². The van der Waals surface area contributed by atoms with Crippen LogP contribution in [0, 0.1) is 0 Å². The number of carbonyl (C=O) groups excluding carboxylic acids is 6. The minimum atomic E-state index is -1.24. The van der Waals surface area contributed by atoms with Crippen LogP contribution in [0.4, 0.5) is 0 Å². The molecule has 0 aromatic carbocycles. The zero-order valence-electron chi connectivity index (χ0n) is 26.5. The van der Waals surface area contributed by atoms with Gasteiger partial charge in [-0.3, -0.25) is 60.7 Å². The van der Waals surface area contributed by atoms with Crippen LogP contribution in [0.5, 0.6) is 0 Å². The van der Waals surface area contributed by atoms with Gasteiger partial charge in [0.05, 0.1) is 6.42 Å². The van der Waals surface area contributed by atoms with Gasteiger partial charge in [-0.1, -0.05) is 72.9 Å². The lowest BCUT2D eigenvalue weighted by molar-refractivity contribution is -0.142. The molecule has 5 amide bonds. The Bertz CT molecular complexity index is 1030. The maximum Gasteiger partial charge on any atom is 0.312 e. The molecule has 0 aromatic heterocycles. The summed E-state index contributed by atoms with van der Waals surface area (Å²) in [5, 5.41) is 8.28. The molecule has 45 heavy (non-hydrogen) atoms. The number of aliphatic carboxylic acids is 1. The fraction of sp³-hybridized carbons (Fsp3) is 0.387. The third-order valence-corrected chi connectivity index (χ3v) is 4.50. The van der Waals surface area contributed by atoms with Crippen molar-refractivity contribution in [1.29, 1.82) is 0 Å². The summed E-state index contributed by atoms with van der Waals surface area (Å²) < 4.78 is 0. The lowest BCUT2D eigenvalue weighted by Gasteiger charge is -2.04. The first-order valence-electron chi connectivity index (χ1n) is 14.1. The van der Waals surface area contributed by atoms with Gasteiger partial charge in [0.2, 0.25) is 29.5 Å². The minimum Gasteiger partial charge on any atom is -0.481 e. The molecule has 14 nitrogen and oxygen atoms in total. The fourth-order valence-electron chi connectivity index (χ4n) is 2.43. The highest BCUT2D eigenvalue weighted by Gasteiger charge is 2.08. The predicted octanol–water partition coefficient (Wildman–Crippen LogP) is 2.44. The SMILES string of the molecule is C/C=C/C=C/CCC(=O)NN.C/C=C/C=C/CCC(=O)NNC(=O)CC(=O)O.C/C=C/C=C/CCC(=O)NNC(=O)CC(C)=O. The Labute approximate surface area is 264 Å². The number of hydrogen-bond donors (Lipinski definition) is 7. The number of rotatable bonds is 16. The second-order valence-corrected chi connectivity index (χ2v) is 8.69. The molecule has 0 unspecified atom stereocenters. The van der Waals surface area contributed by atoms with E-state index in [-0.39, 0.29) is 42.8 Å². The van der Waals surface area contributed by atoms with E-state index in [1.54, 1.807) is 0 Å². The molecule has 0 aromatic rings. The number of amides is 5. The molecule has 0 saturated heterocycles. The average Bonchev–Trinajstić information content (AvgIpc) is 2.98. The van der Waals surface area contributed by atoms with Crippen molar-refractivity contribution in [2.24, 2.45) is 5.84 Å². The van der Waals surface area contributed by atoms with Crippen molar-refractivity contribution in [3.63, 3.8) is 0 Å². The summed E-state index contributed by atoms with van der Waals surface area (Å²) in [6.07, 6.45) is 24.4. The smallest absolute Gasteiger partial charge is 0.312 e. The summed E-state index contributed by atoms with van der Waals surface area (Å²) in [5.41, 5.74) is 10.6. The summed E-state index contributed by atoms with van der Waals surface area (Å²) >= 11 is 0. The van der Waals surface area contributed by atoms with E-state index < -0.39 is 24.2 Å². The van der Waals surface area contributed by atoms with Crippen molar-refractivity contribution in [2.45, 2.75) is 79.1 Å². The fourth-order valence-corrected chi connectivity index (χ4v) is 2.43. The molecule has 0 radical (unpaired) electrons. The number of ketones is 1. The molecule has 0 fully saturated rings. The van der Waals surface area contributed by atoms with Gasteiger partial charge in [0.25, 0.3) is 0 Å². The first kappa shape index (κ1) is 44.3. The predicted molar refractivity (Wildman–Crippen MR) is 172 cm³/mol. The maximum atomic E-state index is 11.2. The number of carboxylic acid groups (broad SMARTS) is 1. The Morgan fingerprint density at radius 2 is 0.867 bits per heavy atom. The molecule has 0 aliphatic heterocycles. The number of nitrogens with two attached hydrogens (primary N) is 1. The Morgan fingerprint density at radius 3 is 1.18 bits per heavy atom. The highest BCUT2D eigenvalue weighted by Crippen LogP contribution is 1.93. The quantitative estimate of drug-likeness (QED) is 0.0435. The van der Waals surface area contributed by atoms with E-state index >= 15 is 0 Å². The van der Waals surface area contributed by atoms with Crippen molar-refractivity contribution < 1.29 is 38.7 Å². The largest absolute Gasteiger partial charge is 0.481 e. The van der Waals surface area contributed by atoms with Crippen molar-refractivity contribution in [2.75, 3.05) is 0 Å². The zero-order valence-corrected chi connectivity index (χ0v) is 26.5. The van der Waals surface area contributed by atoms with E-state index in [0.717, 1.165) is 6.42 Å². The lowest BCUT2D eigenvalue weighted by atomic mass is 10.3. The number of hydrogen-bond acceptors (Lipinski definition) is 8. The highest BCUT2D eigenvalue weighted by atomic mass is 16.4. The standard InChI is InChI=1S/C12H18N2O3.C11H16N2O4.C8H14N2O/c1-3-4-5-6-7-8-11(16)13-14-12(17)9-10(2)15;1-2-3-4-5-6-7-9(14)12-13-10(15)8-11(16)17;1-2-3-4-5-6-7-8(11)10-9/h3-6H,7-9H2,1-2H3,(H,13,16)(H,14,17);2-5H,6-8H2,1H3,(H,12,14)(H,13,15)(H,16,17);2-5H,6-7,9H2,1H3,(H,10,11)/b4-3+,6-5+;2*3-2+,5-4+. The van der Waals surface area contributed by atoms with Crippen LogP contribution < -0.4 is 33.0 Å². The van der Waals surface area contributed by atoms with Gasteiger partial charge in [0, 0.05) is 19.3 Å². The van der Waals surface area contributed by atoms with Gasteiger partial charge >= 0.3 is 5.97 Å². The van der Waals surface area contributed by atoms with Crippen molar-refractivity contribution in [3.8, 4) is 0 Å². The molecule has 0 bridgehead atoms. The van der Waals surface area contributed by atoms with Crippen LogP contribution in [0.1, 0.15) is 79.1 Å². The summed E-state index contributed by atoms with van der Waals surface area (Å²) in [6, 6.07) is 0. The summed E-state index contributed by atoms with van der Waals surface area (Å²) in [6.45, 7) is 7.04. The van der Waals surface area contributed by atoms with E-state index in [2.05, 4.69) is 21.7 Å². The van der Waals surface area contributed by atoms with Gasteiger partial charge in [-0.2, -0.15) is 0 Å². The summed E-state index contributed by atoms with van der Waals surface area (Å²) in [7, 11) is 0. The van der Waals surface area contributed by atoms with E-state index in [1.807, 2.05) is 99.1 Å². The average molecular weight is 633 g/mol. The molecule has 0 aliphatic rings. The number of carboxylic acids is 1. The van der Waals surface area contributed by atoms with E-state index in [0.29, 0.717) is 19.3 Å². The van der Waals surface area contributed by atoms with Gasteiger partial charge in [0.1, 0.15) is 12.2 Å². The topological polar surface area (TPSA) is 226 Å². The van der Waals surface area contributed by atoms with Crippen LogP contribution in [-0.2, 0) is 33.6 Å². The number of allylic oxidation sites excluding steroid dienone is 12. The monoisotopic (exact) mass is 632 g/mol. The summed E-state index contributed by atoms with van der Waals surface area (Å²) in [5.74, 6) is 1.35. The second kappa shape index (κ2) is 33.4. The second-order valence-electron chi connectivity index (χ2n) is 8.69. The van der Waals surface area contributed by atoms with Crippen molar-refractivity contribution >= 4 is 41.3 Å². The number of Topliss-reactive ketones (excluding diaryl/α,β-unsaturated/α-hetero) is 1. The molecule has 14 heteroatoms. The molecule has 8 N–H and O–H groups in total. The van der Waals surface area contributed by atoms with Gasteiger partial charge in [-0.05, 0) is 47.0 Å².